The van der Waals surface area contributed by atoms with E-state index in [0.29, 0.717) is 6.42 Å². The second kappa shape index (κ2) is 5.89. The van der Waals surface area contributed by atoms with Gasteiger partial charge in [0.15, 0.2) is 0 Å². The molecule has 0 bridgehead atoms. The quantitative estimate of drug-likeness (QED) is 0.768. The molecule has 22 heavy (non-hydrogen) atoms. The number of nitrogens with zero attached hydrogens (tertiary/aromatic N) is 1. The van der Waals surface area contributed by atoms with Crippen molar-refractivity contribution in [1.29, 1.82) is 0 Å². The summed E-state index contributed by atoms with van der Waals surface area (Å²) in [6.45, 7) is 0. The van der Waals surface area contributed by atoms with E-state index in [1.165, 1.54) is 28.9 Å². The standard InChI is InChI=1S/C16H16ClNO2S2/c1-18(2)22(19,20)12-7-8-16-13(10-12)14(17)9-11-5-3-4-6-15(11)21-16/h3-8,10,14H,9H2,1-2H3/t14-/m0/s1. The molecule has 3 rings (SSSR count). The van der Waals surface area contributed by atoms with Gasteiger partial charge in [-0.3, -0.25) is 0 Å². The summed E-state index contributed by atoms with van der Waals surface area (Å²) in [4.78, 5) is 2.48. The van der Waals surface area contributed by atoms with Crippen LogP contribution < -0.4 is 0 Å². The summed E-state index contributed by atoms with van der Waals surface area (Å²) in [5.74, 6) is 0. The molecule has 3 nitrogen and oxygen atoms in total. The number of hydrogen-bond acceptors (Lipinski definition) is 3. The molecule has 2 aromatic carbocycles. The number of alkyl halides is 1. The van der Waals surface area contributed by atoms with Gasteiger partial charge in [0.05, 0.1) is 10.3 Å². The molecule has 1 aliphatic rings. The van der Waals surface area contributed by atoms with Gasteiger partial charge in [0.2, 0.25) is 10.0 Å². The molecule has 0 amide bonds. The molecule has 0 spiro atoms. The van der Waals surface area contributed by atoms with Crippen molar-refractivity contribution >= 4 is 33.4 Å². The molecular weight excluding hydrogens is 338 g/mol. The van der Waals surface area contributed by atoms with Crippen molar-refractivity contribution in [3.05, 3.63) is 53.6 Å². The Morgan fingerprint density at radius 2 is 1.86 bits per heavy atom. The van der Waals surface area contributed by atoms with Gasteiger partial charge < -0.3 is 0 Å². The number of halogens is 1. The predicted molar refractivity (Wildman–Crippen MR) is 90.2 cm³/mol. The van der Waals surface area contributed by atoms with E-state index in [2.05, 4.69) is 12.1 Å². The Morgan fingerprint density at radius 3 is 2.59 bits per heavy atom. The third kappa shape index (κ3) is 2.78. The molecule has 6 heteroatoms. The van der Waals surface area contributed by atoms with Crippen LogP contribution in [0.1, 0.15) is 16.5 Å². The van der Waals surface area contributed by atoms with E-state index in [1.807, 2.05) is 18.2 Å². The first kappa shape index (κ1) is 15.9. The lowest BCUT2D eigenvalue weighted by Crippen LogP contribution is -2.22. The van der Waals surface area contributed by atoms with Gasteiger partial charge >= 0.3 is 0 Å². The highest BCUT2D eigenvalue weighted by molar-refractivity contribution is 7.99. The first-order valence-electron chi connectivity index (χ1n) is 6.86. The van der Waals surface area contributed by atoms with Crippen LogP contribution in [0.5, 0.6) is 0 Å². The van der Waals surface area contributed by atoms with Crippen LogP contribution in [-0.2, 0) is 16.4 Å². The molecular formula is C16H16ClNO2S2. The van der Waals surface area contributed by atoms with Crippen LogP contribution in [0.4, 0.5) is 0 Å². The molecule has 0 unspecified atom stereocenters. The van der Waals surface area contributed by atoms with Crippen molar-refractivity contribution in [3.8, 4) is 0 Å². The average Bonchev–Trinajstić information content (AvgIpc) is 2.62. The Hall–Kier alpha value is -1.01. The Balaban J connectivity index is 2.10. The predicted octanol–water partition coefficient (Wildman–Crippen LogP) is 3.92. The fourth-order valence-electron chi connectivity index (χ4n) is 2.43. The normalized spacial score (nSPS) is 17.7. The molecule has 0 saturated carbocycles. The second-order valence-corrected chi connectivity index (χ2v) is 9.13. The maximum atomic E-state index is 12.3. The van der Waals surface area contributed by atoms with Gasteiger partial charge in [-0.05, 0) is 41.8 Å². The molecule has 0 aromatic heterocycles. The summed E-state index contributed by atoms with van der Waals surface area (Å²) >= 11 is 8.20. The highest BCUT2D eigenvalue weighted by Gasteiger charge is 2.24. The molecule has 1 atom stereocenters. The zero-order valence-corrected chi connectivity index (χ0v) is 14.7. The molecule has 0 fully saturated rings. The molecule has 0 saturated heterocycles. The summed E-state index contributed by atoms with van der Waals surface area (Å²) in [7, 11) is -0.385. The lowest BCUT2D eigenvalue weighted by atomic mass is 10.0. The van der Waals surface area contributed by atoms with E-state index in [1.54, 1.807) is 23.9 Å². The minimum Gasteiger partial charge on any atom is -0.207 e. The van der Waals surface area contributed by atoms with Crippen molar-refractivity contribution in [3.63, 3.8) is 0 Å². The van der Waals surface area contributed by atoms with Crippen molar-refractivity contribution in [2.45, 2.75) is 26.5 Å². The number of fused-ring (bicyclic) bond motifs is 2. The van der Waals surface area contributed by atoms with Gasteiger partial charge in [0.25, 0.3) is 0 Å². The van der Waals surface area contributed by atoms with E-state index in [-0.39, 0.29) is 10.3 Å². The van der Waals surface area contributed by atoms with Gasteiger partial charge in [0.1, 0.15) is 0 Å². The molecule has 0 N–H and O–H groups in total. The largest absolute Gasteiger partial charge is 0.242 e. The van der Waals surface area contributed by atoms with E-state index in [9.17, 15) is 8.42 Å². The Morgan fingerprint density at radius 1 is 1.14 bits per heavy atom. The summed E-state index contributed by atoms with van der Waals surface area (Å²) < 4.78 is 25.8. The van der Waals surface area contributed by atoms with E-state index < -0.39 is 10.0 Å². The van der Waals surface area contributed by atoms with Gasteiger partial charge in [-0.1, -0.05) is 30.0 Å². The minimum absolute atomic E-state index is 0.233. The summed E-state index contributed by atoms with van der Waals surface area (Å²) in [6.07, 6.45) is 0.698. The van der Waals surface area contributed by atoms with Crippen molar-refractivity contribution in [2.24, 2.45) is 0 Å². The first-order chi connectivity index (χ1) is 10.4. The second-order valence-electron chi connectivity index (χ2n) is 5.37. The third-order valence-corrected chi connectivity index (χ3v) is 7.10. The minimum atomic E-state index is -3.45. The number of hydrogen-bond donors (Lipinski definition) is 0. The monoisotopic (exact) mass is 353 g/mol. The van der Waals surface area contributed by atoms with Crippen molar-refractivity contribution < 1.29 is 8.42 Å². The van der Waals surface area contributed by atoms with Gasteiger partial charge in [-0.25, -0.2) is 12.7 Å². The van der Waals surface area contributed by atoms with Crippen LogP contribution in [0.15, 0.2) is 57.2 Å². The number of benzene rings is 2. The van der Waals surface area contributed by atoms with Crippen LogP contribution in [0.25, 0.3) is 0 Å². The van der Waals surface area contributed by atoms with Gasteiger partial charge in [0, 0.05) is 23.9 Å². The van der Waals surface area contributed by atoms with Crippen LogP contribution in [0.3, 0.4) is 0 Å². The maximum absolute atomic E-state index is 12.3. The molecule has 2 aromatic rings. The number of rotatable bonds is 2. The molecule has 116 valence electrons. The van der Waals surface area contributed by atoms with E-state index in [0.717, 1.165) is 10.5 Å². The topological polar surface area (TPSA) is 37.4 Å². The molecule has 1 aliphatic heterocycles. The van der Waals surface area contributed by atoms with E-state index >= 15 is 0 Å². The molecule has 0 aliphatic carbocycles. The fraction of sp³-hybridized carbons (Fsp3) is 0.250. The van der Waals surface area contributed by atoms with Crippen LogP contribution in [0.2, 0.25) is 0 Å². The Labute approximate surface area is 140 Å². The SMILES string of the molecule is CN(C)S(=O)(=O)c1ccc2c(c1)[C@@H](Cl)Cc1ccccc1S2. The maximum Gasteiger partial charge on any atom is 0.242 e. The van der Waals surface area contributed by atoms with Gasteiger partial charge in [-0.2, -0.15) is 0 Å². The first-order valence-corrected chi connectivity index (χ1v) is 9.55. The lowest BCUT2D eigenvalue weighted by molar-refractivity contribution is 0.520. The molecule has 0 radical (unpaired) electrons. The van der Waals surface area contributed by atoms with E-state index in [4.69, 9.17) is 11.6 Å². The Bertz CT molecular complexity index is 819. The Kier molecular flexibility index (Phi) is 4.25. The van der Waals surface area contributed by atoms with Crippen LogP contribution >= 0.6 is 23.4 Å². The number of sulfonamides is 1. The highest BCUT2D eigenvalue weighted by Crippen LogP contribution is 2.43. The van der Waals surface area contributed by atoms with Crippen molar-refractivity contribution in [2.75, 3.05) is 14.1 Å². The smallest absolute Gasteiger partial charge is 0.207 e. The van der Waals surface area contributed by atoms with Crippen LogP contribution in [-0.4, -0.2) is 26.8 Å². The lowest BCUT2D eigenvalue weighted by Gasteiger charge is -2.15. The molecule has 1 heterocycles. The third-order valence-electron chi connectivity index (χ3n) is 3.69. The van der Waals surface area contributed by atoms with Crippen molar-refractivity contribution in [1.82, 2.24) is 4.31 Å². The van der Waals surface area contributed by atoms with Crippen LogP contribution in [0, 0.1) is 0 Å². The summed E-state index contributed by atoms with van der Waals surface area (Å²) in [5, 5.41) is -0.233. The summed E-state index contributed by atoms with van der Waals surface area (Å²) in [5.41, 5.74) is 2.08. The van der Waals surface area contributed by atoms with Gasteiger partial charge in [-0.15, -0.1) is 11.6 Å². The zero-order chi connectivity index (χ0) is 15.9. The highest BCUT2D eigenvalue weighted by atomic mass is 35.5. The fourth-order valence-corrected chi connectivity index (χ4v) is 4.90. The average molecular weight is 354 g/mol. The summed E-state index contributed by atoms with van der Waals surface area (Å²) in [6, 6.07) is 13.4. The zero-order valence-electron chi connectivity index (χ0n) is 12.3.